The van der Waals surface area contributed by atoms with Crippen LogP contribution in [0.3, 0.4) is 0 Å². The highest BCUT2D eigenvalue weighted by atomic mass is 35.5. The highest BCUT2D eigenvalue weighted by Crippen LogP contribution is 2.19. The van der Waals surface area contributed by atoms with Crippen molar-refractivity contribution in [3.63, 3.8) is 0 Å². The van der Waals surface area contributed by atoms with Crippen LogP contribution >= 0.6 is 11.6 Å². The zero-order valence-electron chi connectivity index (χ0n) is 13.1. The van der Waals surface area contributed by atoms with Crippen LogP contribution in [0.25, 0.3) is 0 Å². The lowest BCUT2D eigenvalue weighted by atomic mass is 10.0. The van der Waals surface area contributed by atoms with Crippen molar-refractivity contribution in [2.45, 2.75) is 39.3 Å². The van der Waals surface area contributed by atoms with Gasteiger partial charge in [-0.05, 0) is 36.1 Å². The highest BCUT2D eigenvalue weighted by Gasteiger charge is 2.17. The summed E-state index contributed by atoms with van der Waals surface area (Å²) in [5.74, 6) is 0. The summed E-state index contributed by atoms with van der Waals surface area (Å²) in [6.45, 7) is 3.79. The number of nitrogens with zero attached hydrogens (tertiary/aromatic N) is 3. The molecule has 0 radical (unpaired) electrons. The van der Waals surface area contributed by atoms with Gasteiger partial charge in [0.05, 0.1) is 18.3 Å². The number of benzene rings is 1. The monoisotopic (exact) mass is 331 g/mol. The van der Waals surface area contributed by atoms with Gasteiger partial charge in [0.1, 0.15) is 11.6 Å². The fourth-order valence-corrected chi connectivity index (χ4v) is 2.74. The van der Waals surface area contributed by atoms with E-state index in [4.69, 9.17) is 11.6 Å². The van der Waals surface area contributed by atoms with E-state index in [2.05, 4.69) is 5.10 Å². The van der Waals surface area contributed by atoms with Crippen molar-refractivity contribution in [2.75, 3.05) is 0 Å². The number of aliphatic hydroxyl groups is 1. The number of aliphatic hydroxyl groups excluding tert-OH is 1. The zero-order valence-corrected chi connectivity index (χ0v) is 13.8. The summed E-state index contributed by atoms with van der Waals surface area (Å²) in [5.41, 5.74) is 1.64. The van der Waals surface area contributed by atoms with Crippen molar-refractivity contribution in [3.8, 4) is 6.07 Å². The largest absolute Gasteiger partial charge is 0.386 e. The predicted octanol–water partition coefficient (Wildman–Crippen LogP) is 2.63. The first kappa shape index (κ1) is 17.2. The van der Waals surface area contributed by atoms with Gasteiger partial charge in [-0.25, -0.2) is 4.68 Å². The van der Waals surface area contributed by atoms with Gasteiger partial charge in [-0.3, -0.25) is 4.79 Å². The number of aromatic nitrogens is 2. The zero-order chi connectivity index (χ0) is 17.0. The number of nitriles is 1. The Kier molecular flexibility index (Phi) is 5.54. The van der Waals surface area contributed by atoms with E-state index in [0.717, 1.165) is 0 Å². The van der Waals surface area contributed by atoms with Crippen LogP contribution in [-0.4, -0.2) is 14.9 Å². The third-order valence-electron chi connectivity index (χ3n) is 3.72. The van der Waals surface area contributed by atoms with E-state index >= 15 is 0 Å². The molecule has 0 bridgehead atoms. The molecule has 1 unspecified atom stereocenters. The fraction of sp³-hybridized carbons (Fsp3) is 0.353. The first-order valence-corrected chi connectivity index (χ1v) is 7.86. The van der Waals surface area contributed by atoms with Crippen LogP contribution in [0.5, 0.6) is 0 Å². The van der Waals surface area contributed by atoms with Crippen LogP contribution in [0, 0.1) is 11.3 Å². The average Bonchev–Trinajstić information content (AvgIpc) is 2.55. The minimum absolute atomic E-state index is 0.0230. The summed E-state index contributed by atoms with van der Waals surface area (Å²) in [4.78, 5) is 12.4. The van der Waals surface area contributed by atoms with Gasteiger partial charge in [0.25, 0.3) is 5.56 Å². The molecular formula is C17H18ClN3O2. The summed E-state index contributed by atoms with van der Waals surface area (Å²) in [6, 6.07) is 8.79. The Morgan fingerprint density at radius 2 is 2.13 bits per heavy atom. The van der Waals surface area contributed by atoms with Gasteiger partial charge in [-0.1, -0.05) is 37.6 Å². The first-order valence-electron chi connectivity index (χ1n) is 7.48. The Morgan fingerprint density at radius 1 is 1.39 bits per heavy atom. The lowest BCUT2D eigenvalue weighted by molar-refractivity contribution is 0.149. The molecule has 1 N–H and O–H groups in total. The molecule has 0 saturated carbocycles. The molecular weight excluding hydrogens is 314 g/mol. The number of hydrogen-bond acceptors (Lipinski definition) is 4. The molecule has 1 aromatic heterocycles. The second kappa shape index (κ2) is 7.40. The molecule has 6 heteroatoms. The number of halogens is 1. The number of aryl methyl sites for hydroxylation is 1. The second-order valence-corrected chi connectivity index (χ2v) is 5.61. The molecule has 5 nitrogen and oxygen atoms in total. The van der Waals surface area contributed by atoms with Gasteiger partial charge in [0.15, 0.2) is 0 Å². The SMILES string of the molecule is CCc1nn(CC(O)c2cccc(Cl)c2)c(=O)c(C#N)c1CC. The Bertz CT molecular complexity index is 808. The molecule has 0 aliphatic carbocycles. The Balaban J connectivity index is 2.44. The Hall–Kier alpha value is -2.16. The average molecular weight is 332 g/mol. The van der Waals surface area contributed by atoms with Gasteiger partial charge in [-0.2, -0.15) is 10.4 Å². The van der Waals surface area contributed by atoms with Gasteiger partial charge in [0.2, 0.25) is 0 Å². The summed E-state index contributed by atoms with van der Waals surface area (Å²) in [5, 5.41) is 24.5. The van der Waals surface area contributed by atoms with E-state index in [-0.39, 0.29) is 12.1 Å². The third kappa shape index (κ3) is 3.61. The molecule has 23 heavy (non-hydrogen) atoms. The summed E-state index contributed by atoms with van der Waals surface area (Å²) in [6.07, 6.45) is 0.264. The molecule has 1 atom stereocenters. The van der Waals surface area contributed by atoms with Crippen LogP contribution in [0.4, 0.5) is 0 Å². The Morgan fingerprint density at radius 3 is 2.70 bits per heavy atom. The van der Waals surface area contributed by atoms with Gasteiger partial charge >= 0.3 is 0 Å². The molecule has 0 aliphatic rings. The van der Waals surface area contributed by atoms with Crippen molar-refractivity contribution < 1.29 is 5.11 Å². The van der Waals surface area contributed by atoms with Crippen LogP contribution < -0.4 is 5.56 Å². The van der Waals surface area contributed by atoms with Crippen LogP contribution in [0.15, 0.2) is 29.1 Å². The summed E-state index contributed by atoms with van der Waals surface area (Å²) < 4.78 is 1.17. The maximum atomic E-state index is 12.4. The summed E-state index contributed by atoms with van der Waals surface area (Å²) >= 11 is 5.92. The molecule has 0 amide bonds. The normalized spacial score (nSPS) is 12.0. The first-order chi connectivity index (χ1) is 11.0. The molecule has 1 aromatic carbocycles. The minimum atomic E-state index is -0.928. The third-order valence-corrected chi connectivity index (χ3v) is 3.95. The molecule has 120 valence electrons. The van der Waals surface area contributed by atoms with Crippen LogP contribution in [-0.2, 0) is 19.4 Å². The predicted molar refractivity (Wildman–Crippen MR) is 88.4 cm³/mol. The van der Waals surface area contributed by atoms with E-state index in [1.807, 2.05) is 19.9 Å². The molecule has 2 aromatic rings. The van der Waals surface area contributed by atoms with E-state index in [1.54, 1.807) is 24.3 Å². The second-order valence-electron chi connectivity index (χ2n) is 5.18. The quantitative estimate of drug-likeness (QED) is 0.913. The van der Waals surface area contributed by atoms with Crippen molar-refractivity contribution in [2.24, 2.45) is 0 Å². The van der Waals surface area contributed by atoms with Gasteiger partial charge in [-0.15, -0.1) is 0 Å². The van der Waals surface area contributed by atoms with Crippen LogP contribution in [0.2, 0.25) is 5.02 Å². The molecule has 0 saturated heterocycles. The topological polar surface area (TPSA) is 78.9 Å². The fourth-order valence-electron chi connectivity index (χ4n) is 2.54. The summed E-state index contributed by atoms with van der Waals surface area (Å²) in [7, 11) is 0. The maximum absolute atomic E-state index is 12.4. The molecule has 0 fully saturated rings. The van der Waals surface area contributed by atoms with E-state index in [9.17, 15) is 15.2 Å². The van der Waals surface area contributed by atoms with E-state index < -0.39 is 11.7 Å². The molecule has 1 heterocycles. The van der Waals surface area contributed by atoms with Crippen molar-refractivity contribution in [3.05, 3.63) is 62.0 Å². The van der Waals surface area contributed by atoms with E-state index in [1.165, 1.54) is 4.68 Å². The van der Waals surface area contributed by atoms with Crippen molar-refractivity contribution in [1.82, 2.24) is 9.78 Å². The minimum Gasteiger partial charge on any atom is -0.386 e. The van der Waals surface area contributed by atoms with Crippen molar-refractivity contribution in [1.29, 1.82) is 5.26 Å². The lowest BCUT2D eigenvalue weighted by Gasteiger charge is -2.15. The molecule has 0 spiro atoms. The van der Waals surface area contributed by atoms with E-state index in [0.29, 0.717) is 34.7 Å². The Labute approximate surface area is 139 Å². The van der Waals surface area contributed by atoms with Gasteiger partial charge < -0.3 is 5.11 Å². The van der Waals surface area contributed by atoms with Gasteiger partial charge in [0, 0.05) is 5.02 Å². The molecule has 2 rings (SSSR count). The van der Waals surface area contributed by atoms with Crippen LogP contribution in [0.1, 0.15) is 42.3 Å². The lowest BCUT2D eigenvalue weighted by Crippen LogP contribution is -2.30. The number of hydrogen-bond donors (Lipinski definition) is 1. The number of rotatable bonds is 5. The van der Waals surface area contributed by atoms with Crippen molar-refractivity contribution >= 4 is 11.6 Å². The molecule has 0 aliphatic heterocycles. The standard InChI is InChI=1S/C17H18ClN3O2/c1-3-13-14(9-19)17(23)21(20-15(13)4-2)10-16(22)11-6-5-7-12(18)8-11/h5-8,16,22H,3-4,10H2,1-2H3. The maximum Gasteiger partial charge on any atom is 0.285 e. The smallest absolute Gasteiger partial charge is 0.285 e. The highest BCUT2D eigenvalue weighted by molar-refractivity contribution is 6.30.